The number of hydrogen-bond acceptors (Lipinski definition) is 5. The number of carbonyl (C=O) groups is 1. The summed E-state index contributed by atoms with van der Waals surface area (Å²) in [6.45, 7) is 6.63. The third kappa shape index (κ3) is 3.77. The number of aromatic nitrogens is 3. The summed E-state index contributed by atoms with van der Waals surface area (Å²) < 4.78 is 27.7. The molecule has 3 heterocycles. The van der Waals surface area contributed by atoms with Gasteiger partial charge in [0.15, 0.2) is 0 Å². The minimum atomic E-state index is -2.54. The van der Waals surface area contributed by atoms with Gasteiger partial charge in [0, 0.05) is 50.3 Å². The van der Waals surface area contributed by atoms with Crippen LogP contribution in [0.25, 0.3) is 0 Å². The van der Waals surface area contributed by atoms with Gasteiger partial charge in [-0.05, 0) is 12.8 Å². The van der Waals surface area contributed by atoms with Gasteiger partial charge in [-0.3, -0.25) is 9.48 Å². The molecule has 2 atom stereocenters. The first kappa shape index (κ1) is 19.6. The summed E-state index contributed by atoms with van der Waals surface area (Å²) in [5.74, 6) is -2.30. The topological polar surface area (TPSA) is 75.1 Å². The third-order valence-electron chi connectivity index (χ3n) is 5.65. The summed E-state index contributed by atoms with van der Waals surface area (Å²) in [4.78, 5) is 19.0. The Labute approximate surface area is 168 Å². The highest BCUT2D eigenvalue weighted by Gasteiger charge is 2.56. The van der Waals surface area contributed by atoms with Crippen molar-refractivity contribution in [2.75, 3.05) is 22.6 Å². The van der Waals surface area contributed by atoms with Crippen molar-refractivity contribution in [2.24, 2.45) is 11.8 Å². The lowest BCUT2D eigenvalue weighted by atomic mass is 9.98. The van der Waals surface area contributed by atoms with Gasteiger partial charge in [-0.25, -0.2) is 13.8 Å². The molecule has 1 aliphatic heterocycles. The van der Waals surface area contributed by atoms with Gasteiger partial charge < -0.3 is 15.5 Å². The fraction of sp³-hybridized carbons (Fsp3) is 0.550. The number of rotatable bonds is 6. The number of amides is 1. The summed E-state index contributed by atoms with van der Waals surface area (Å²) in [6, 6.07) is 1.68. The van der Waals surface area contributed by atoms with Crippen LogP contribution in [0.2, 0.25) is 0 Å². The molecule has 0 bridgehead atoms. The van der Waals surface area contributed by atoms with Gasteiger partial charge in [0.05, 0.1) is 23.3 Å². The zero-order chi connectivity index (χ0) is 20.9. The number of pyridine rings is 1. The Morgan fingerprint density at radius 1 is 1.41 bits per heavy atom. The Hall–Kier alpha value is -2.71. The molecule has 9 heteroatoms. The van der Waals surface area contributed by atoms with Crippen LogP contribution in [-0.4, -0.2) is 39.7 Å². The van der Waals surface area contributed by atoms with Crippen LogP contribution in [-0.2, 0) is 17.9 Å². The second-order valence-corrected chi connectivity index (χ2v) is 8.36. The van der Waals surface area contributed by atoms with Crippen molar-refractivity contribution < 1.29 is 13.6 Å². The Morgan fingerprint density at radius 3 is 2.79 bits per heavy atom. The molecule has 0 saturated heterocycles. The molecule has 0 radical (unpaired) electrons. The Kier molecular flexibility index (Phi) is 4.71. The lowest BCUT2D eigenvalue weighted by molar-refractivity contribution is -0.118. The first-order valence-electron chi connectivity index (χ1n) is 9.84. The van der Waals surface area contributed by atoms with E-state index in [-0.39, 0.29) is 30.8 Å². The molecule has 29 heavy (non-hydrogen) atoms. The normalized spacial score (nSPS) is 22.4. The molecule has 1 saturated carbocycles. The zero-order valence-corrected chi connectivity index (χ0v) is 17.0. The number of likely N-dealkylation sites (N-methyl/N-ethyl adjacent to an activating group) is 1. The van der Waals surface area contributed by atoms with Crippen molar-refractivity contribution in [1.29, 1.82) is 0 Å². The van der Waals surface area contributed by atoms with E-state index < -0.39 is 11.8 Å². The first-order valence-corrected chi connectivity index (χ1v) is 9.84. The van der Waals surface area contributed by atoms with E-state index in [4.69, 9.17) is 0 Å². The second-order valence-electron chi connectivity index (χ2n) is 8.36. The maximum Gasteiger partial charge on any atom is 0.253 e. The van der Waals surface area contributed by atoms with Gasteiger partial charge in [0.2, 0.25) is 5.91 Å². The van der Waals surface area contributed by atoms with Gasteiger partial charge in [0.1, 0.15) is 11.9 Å². The molecule has 1 aliphatic carbocycles. The average molecular weight is 404 g/mol. The van der Waals surface area contributed by atoms with Crippen LogP contribution in [0.1, 0.15) is 31.5 Å². The Morgan fingerprint density at radius 2 is 2.14 bits per heavy atom. The Bertz CT molecular complexity index is 941. The highest BCUT2D eigenvalue weighted by atomic mass is 19.3. The highest BCUT2D eigenvalue weighted by Crippen LogP contribution is 2.49. The average Bonchev–Trinajstić information content (AvgIpc) is 3.00. The smallest absolute Gasteiger partial charge is 0.253 e. The van der Waals surface area contributed by atoms with E-state index in [1.807, 2.05) is 38.8 Å². The van der Waals surface area contributed by atoms with Crippen LogP contribution in [0.3, 0.4) is 0 Å². The van der Waals surface area contributed by atoms with Crippen LogP contribution in [0, 0.1) is 18.8 Å². The molecule has 4 rings (SSSR count). The zero-order valence-electron chi connectivity index (χ0n) is 17.0. The monoisotopic (exact) mass is 404 g/mol. The van der Waals surface area contributed by atoms with Crippen molar-refractivity contribution in [3.63, 3.8) is 0 Å². The van der Waals surface area contributed by atoms with Gasteiger partial charge >= 0.3 is 0 Å². The molecule has 1 amide bonds. The van der Waals surface area contributed by atoms with E-state index in [0.717, 1.165) is 22.6 Å². The van der Waals surface area contributed by atoms with E-state index in [0.29, 0.717) is 12.4 Å². The minimum Gasteiger partial charge on any atom is -0.366 e. The van der Waals surface area contributed by atoms with Gasteiger partial charge in [-0.2, -0.15) is 5.10 Å². The maximum absolute atomic E-state index is 13.1. The molecular weight excluding hydrogens is 378 g/mol. The molecule has 7 nitrogen and oxygen atoms in total. The number of anilines is 3. The molecule has 2 N–H and O–H groups in total. The standard InChI is InChI=1S/C20H26F2N6O/c1-11(2)18-19(29)26-17-12(3)25-16(5-15(17)27(18)4)23-7-13-8-24-28(9-13)10-14-6-20(14,21)22/h5,8-9,11,14,18H,6-7,10H2,1-4H3,(H,23,25)(H,26,29)/t14?,18-/m0/s1. The number of fused-ring (bicyclic) bond motifs is 1. The van der Waals surface area contributed by atoms with Gasteiger partial charge in [0.25, 0.3) is 5.92 Å². The number of nitrogens with one attached hydrogen (secondary N) is 2. The molecule has 0 aromatic carbocycles. The molecule has 0 spiro atoms. The van der Waals surface area contributed by atoms with Crippen molar-refractivity contribution in [3.8, 4) is 0 Å². The first-order chi connectivity index (χ1) is 13.7. The number of alkyl halides is 2. The molecule has 2 aromatic rings. The SMILES string of the molecule is Cc1nc(NCc2cnn(CC3CC3(F)F)c2)cc2c1NC(=O)[C@H](C(C)C)N2C. The lowest BCUT2D eigenvalue weighted by Crippen LogP contribution is -2.49. The molecule has 1 fully saturated rings. The van der Waals surface area contributed by atoms with E-state index in [9.17, 15) is 13.6 Å². The minimum absolute atomic E-state index is 0.0192. The number of hydrogen-bond donors (Lipinski definition) is 2. The fourth-order valence-corrected chi connectivity index (χ4v) is 3.94. The summed E-state index contributed by atoms with van der Waals surface area (Å²) in [7, 11) is 1.92. The molecule has 2 aromatic heterocycles. The Balaban J connectivity index is 1.46. The quantitative estimate of drug-likeness (QED) is 0.773. The van der Waals surface area contributed by atoms with E-state index >= 15 is 0 Å². The summed E-state index contributed by atoms with van der Waals surface area (Å²) in [6.07, 6.45) is 3.41. The van der Waals surface area contributed by atoms with E-state index in [2.05, 4.69) is 20.7 Å². The molecule has 1 unspecified atom stereocenters. The summed E-state index contributed by atoms with van der Waals surface area (Å²) in [5.41, 5.74) is 3.29. The van der Waals surface area contributed by atoms with Gasteiger partial charge in [-0.1, -0.05) is 13.8 Å². The van der Waals surface area contributed by atoms with Crippen molar-refractivity contribution in [2.45, 2.75) is 52.2 Å². The van der Waals surface area contributed by atoms with Gasteiger partial charge in [-0.15, -0.1) is 0 Å². The predicted molar refractivity (Wildman–Crippen MR) is 107 cm³/mol. The number of aryl methyl sites for hydroxylation is 1. The van der Waals surface area contributed by atoms with Crippen LogP contribution in [0.5, 0.6) is 0 Å². The third-order valence-corrected chi connectivity index (χ3v) is 5.65. The summed E-state index contributed by atoms with van der Waals surface area (Å²) in [5, 5.41) is 10.4. The van der Waals surface area contributed by atoms with Crippen LogP contribution >= 0.6 is 0 Å². The number of carbonyl (C=O) groups excluding carboxylic acids is 1. The predicted octanol–water partition coefficient (Wildman–Crippen LogP) is 3.27. The fourth-order valence-electron chi connectivity index (χ4n) is 3.94. The molecule has 156 valence electrons. The lowest BCUT2D eigenvalue weighted by Gasteiger charge is -2.38. The van der Waals surface area contributed by atoms with E-state index in [1.165, 1.54) is 0 Å². The highest BCUT2D eigenvalue weighted by molar-refractivity contribution is 6.04. The number of halogens is 2. The second kappa shape index (κ2) is 6.96. The molecule has 2 aliphatic rings. The van der Waals surface area contributed by atoms with Crippen molar-refractivity contribution in [1.82, 2.24) is 14.8 Å². The van der Waals surface area contributed by atoms with E-state index in [1.54, 1.807) is 17.1 Å². The van der Waals surface area contributed by atoms with Crippen LogP contribution in [0.15, 0.2) is 18.5 Å². The maximum atomic E-state index is 13.1. The van der Waals surface area contributed by atoms with Crippen molar-refractivity contribution in [3.05, 3.63) is 29.7 Å². The van der Waals surface area contributed by atoms with Crippen LogP contribution in [0.4, 0.5) is 26.0 Å². The molecular formula is C20H26F2N6O. The van der Waals surface area contributed by atoms with Crippen LogP contribution < -0.4 is 15.5 Å². The number of nitrogens with zero attached hydrogens (tertiary/aromatic N) is 4. The largest absolute Gasteiger partial charge is 0.366 e. The van der Waals surface area contributed by atoms with Crippen molar-refractivity contribution >= 4 is 23.1 Å². The summed E-state index contributed by atoms with van der Waals surface area (Å²) >= 11 is 0.